The van der Waals surface area contributed by atoms with E-state index < -0.39 is 18.2 Å². The van der Waals surface area contributed by atoms with E-state index in [0.29, 0.717) is 19.3 Å². The third-order valence-electron chi connectivity index (χ3n) is 10.0. The van der Waals surface area contributed by atoms with Crippen LogP contribution in [0.15, 0.2) is 48.6 Å². The molecule has 0 saturated carbocycles. The van der Waals surface area contributed by atoms with Gasteiger partial charge in [-0.1, -0.05) is 211 Å². The maximum atomic E-state index is 13.1. The first-order valence-electron chi connectivity index (χ1n) is 22.4. The number of amides is 1. The van der Waals surface area contributed by atoms with Gasteiger partial charge in [0, 0.05) is 6.42 Å². The van der Waals surface area contributed by atoms with Crippen molar-refractivity contribution in [2.75, 3.05) is 6.61 Å². The average molecular weight is 744 g/mol. The Labute approximate surface area is 327 Å². The predicted octanol–water partition coefficient (Wildman–Crippen LogP) is 12.7. The third-order valence-corrected chi connectivity index (χ3v) is 10.0. The first-order chi connectivity index (χ1) is 26.0. The Morgan fingerprint density at radius 3 is 1.51 bits per heavy atom. The van der Waals surface area contributed by atoms with Crippen LogP contribution in [0.2, 0.25) is 0 Å². The standard InChI is InChI=1S/C47H85NO5/c1-4-7-10-13-16-19-22-23-25-27-30-33-36-39-45(50)44(42-49)48-46(51)41-43(38-35-32-29-26-24-20-17-14-11-8-5-2)53-47(52)40-37-34-31-28-21-18-15-12-9-6-3/h8,11,14,17,20,24,26,29,43-45,49-50H,4-7,9-10,12-13,15-16,18-19,21-23,25,27-28,30-42H2,1-3H3,(H,48,51)/b11-8+,17-14+,24-20-,29-26-. The van der Waals surface area contributed by atoms with E-state index in [1.54, 1.807) is 0 Å². The van der Waals surface area contributed by atoms with E-state index in [2.05, 4.69) is 38.2 Å². The molecule has 0 bridgehead atoms. The summed E-state index contributed by atoms with van der Waals surface area (Å²) >= 11 is 0. The van der Waals surface area contributed by atoms with Gasteiger partial charge < -0.3 is 20.3 Å². The number of nitrogens with one attached hydrogen (secondary N) is 1. The number of carbonyl (C=O) groups is 2. The van der Waals surface area contributed by atoms with E-state index in [4.69, 9.17) is 4.74 Å². The summed E-state index contributed by atoms with van der Waals surface area (Å²) in [5, 5.41) is 23.6. The molecule has 3 N–H and O–H groups in total. The third kappa shape index (κ3) is 36.6. The van der Waals surface area contributed by atoms with Crippen LogP contribution in [0.1, 0.15) is 213 Å². The van der Waals surface area contributed by atoms with Crippen molar-refractivity contribution in [1.29, 1.82) is 0 Å². The summed E-state index contributed by atoms with van der Waals surface area (Å²) in [5.74, 6) is -0.543. The van der Waals surface area contributed by atoms with E-state index in [0.717, 1.165) is 57.8 Å². The molecule has 3 unspecified atom stereocenters. The molecule has 1 amide bonds. The number of unbranched alkanes of at least 4 members (excludes halogenated alkanes) is 22. The van der Waals surface area contributed by atoms with Gasteiger partial charge in [0.05, 0.1) is 25.2 Å². The van der Waals surface area contributed by atoms with Gasteiger partial charge in [0.1, 0.15) is 6.10 Å². The van der Waals surface area contributed by atoms with Crippen LogP contribution in [0.4, 0.5) is 0 Å². The number of hydrogen-bond acceptors (Lipinski definition) is 5. The van der Waals surface area contributed by atoms with Crippen molar-refractivity contribution in [1.82, 2.24) is 5.32 Å². The smallest absolute Gasteiger partial charge is 0.306 e. The maximum absolute atomic E-state index is 13.1. The molecular weight excluding hydrogens is 659 g/mol. The summed E-state index contributed by atoms with van der Waals surface area (Å²) in [6.07, 6.45) is 47.5. The Balaban J connectivity index is 4.64. The molecule has 0 saturated heterocycles. The molecule has 0 aliphatic heterocycles. The van der Waals surface area contributed by atoms with Gasteiger partial charge in [-0.2, -0.15) is 0 Å². The highest BCUT2D eigenvalue weighted by Gasteiger charge is 2.24. The highest BCUT2D eigenvalue weighted by Crippen LogP contribution is 2.17. The van der Waals surface area contributed by atoms with Crippen molar-refractivity contribution in [3.05, 3.63) is 48.6 Å². The van der Waals surface area contributed by atoms with Gasteiger partial charge in [-0.05, 0) is 38.5 Å². The highest BCUT2D eigenvalue weighted by molar-refractivity contribution is 5.77. The van der Waals surface area contributed by atoms with Gasteiger partial charge >= 0.3 is 5.97 Å². The van der Waals surface area contributed by atoms with Crippen molar-refractivity contribution < 1.29 is 24.5 Å². The second-order valence-electron chi connectivity index (χ2n) is 15.2. The largest absolute Gasteiger partial charge is 0.462 e. The van der Waals surface area contributed by atoms with Gasteiger partial charge in [0.25, 0.3) is 0 Å². The van der Waals surface area contributed by atoms with Crippen LogP contribution in [-0.4, -0.2) is 46.9 Å². The zero-order valence-electron chi connectivity index (χ0n) is 34.9. The lowest BCUT2D eigenvalue weighted by Crippen LogP contribution is -2.46. The van der Waals surface area contributed by atoms with Gasteiger partial charge in [0.15, 0.2) is 0 Å². The number of rotatable bonds is 39. The topological polar surface area (TPSA) is 95.9 Å². The van der Waals surface area contributed by atoms with Gasteiger partial charge in [-0.25, -0.2) is 0 Å². The second-order valence-corrected chi connectivity index (χ2v) is 15.2. The minimum atomic E-state index is -0.801. The number of aliphatic hydroxyl groups excluding tert-OH is 2. The molecule has 308 valence electrons. The summed E-state index contributed by atoms with van der Waals surface area (Å²) in [6.45, 7) is 6.29. The van der Waals surface area contributed by atoms with E-state index >= 15 is 0 Å². The molecule has 6 nitrogen and oxygen atoms in total. The Morgan fingerprint density at radius 1 is 0.566 bits per heavy atom. The summed E-state index contributed by atoms with van der Waals surface area (Å²) < 4.78 is 5.85. The molecule has 0 spiro atoms. The summed E-state index contributed by atoms with van der Waals surface area (Å²) in [4.78, 5) is 25.9. The Bertz CT molecular complexity index is 926. The number of ether oxygens (including phenoxy) is 1. The lowest BCUT2D eigenvalue weighted by molar-refractivity contribution is -0.151. The zero-order chi connectivity index (χ0) is 38.9. The molecule has 0 radical (unpaired) electrons. The van der Waals surface area contributed by atoms with Gasteiger partial charge in [-0.3, -0.25) is 9.59 Å². The van der Waals surface area contributed by atoms with Crippen molar-refractivity contribution in [2.24, 2.45) is 0 Å². The van der Waals surface area contributed by atoms with Crippen LogP contribution in [0, 0.1) is 0 Å². The normalized spacial score (nSPS) is 13.8. The number of esters is 1. The number of hydrogen-bond donors (Lipinski definition) is 3. The van der Waals surface area contributed by atoms with E-state index in [1.807, 2.05) is 36.5 Å². The molecule has 0 rings (SSSR count). The van der Waals surface area contributed by atoms with Gasteiger partial charge in [0.2, 0.25) is 5.91 Å². The van der Waals surface area contributed by atoms with E-state index in [-0.39, 0.29) is 24.9 Å². The van der Waals surface area contributed by atoms with Crippen LogP contribution in [-0.2, 0) is 14.3 Å². The fraction of sp³-hybridized carbons (Fsp3) is 0.787. The maximum Gasteiger partial charge on any atom is 0.306 e. The van der Waals surface area contributed by atoms with E-state index in [9.17, 15) is 19.8 Å². The molecule has 0 aromatic carbocycles. The molecule has 53 heavy (non-hydrogen) atoms. The van der Waals surface area contributed by atoms with Crippen molar-refractivity contribution in [2.45, 2.75) is 232 Å². The van der Waals surface area contributed by atoms with Crippen LogP contribution in [0.5, 0.6) is 0 Å². The minimum absolute atomic E-state index is 0.0332. The lowest BCUT2D eigenvalue weighted by atomic mass is 10.0. The average Bonchev–Trinajstić information content (AvgIpc) is 3.15. The van der Waals surface area contributed by atoms with Crippen molar-refractivity contribution >= 4 is 11.9 Å². The fourth-order valence-electron chi connectivity index (χ4n) is 6.62. The highest BCUT2D eigenvalue weighted by atomic mass is 16.5. The molecule has 0 aromatic rings. The van der Waals surface area contributed by atoms with Crippen molar-refractivity contribution in [3.8, 4) is 0 Å². The van der Waals surface area contributed by atoms with Crippen LogP contribution in [0.25, 0.3) is 0 Å². The van der Waals surface area contributed by atoms with Crippen LogP contribution >= 0.6 is 0 Å². The first-order valence-corrected chi connectivity index (χ1v) is 22.4. The van der Waals surface area contributed by atoms with E-state index in [1.165, 1.54) is 109 Å². The summed E-state index contributed by atoms with van der Waals surface area (Å²) in [7, 11) is 0. The van der Waals surface area contributed by atoms with Crippen molar-refractivity contribution in [3.63, 3.8) is 0 Å². The molecular formula is C47H85NO5. The number of aliphatic hydroxyl groups is 2. The molecule has 0 fully saturated rings. The molecule has 3 atom stereocenters. The summed E-state index contributed by atoms with van der Waals surface area (Å²) in [5.41, 5.74) is 0. The summed E-state index contributed by atoms with van der Waals surface area (Å²) in [6, 6.07) is -0.718. The SMILES string of the molecule is CC/C=C/C=C/C=C\C=C/CCCC(CC(=O)NC(CO)C(O)CCCCCCCCCCCCCCC)OC(=O)CCCCCCCCCCCC. The molecule has 6 heteroatoms. The Hall–Kier alpha value is -2.18. The predicted molar refractivity (Wildman–Crippen MR) is 227 cm³/mol. The van der Waals surface area contributed by atoms with Crippen LogP contribution in [0.3, 0.4) is 0 Å². The Kier molecular flexibility index (Phi) is 39.3. The molecule has 0 heterocycles. The zero-order valence-corrected chi connectivity index (χ0v) is 34.9. The molecule has 0 aromatic heterocycles. The number of allylic oxidation sites excluding steroid dienone is 8. The Morgan fingerprint density at radius 2 is 1.02 bits per heavy atom. The second kappa shape index (κ2) is 41.0. The fourth-order valence-corrected chi connectivity index (χ4v) is 6.62. The monoisotopic (exact) mass is 744 g/mol. The molecule has 0 aliphatic carbocycles. The van der Waals surface area contributed by atoms with Gasteiger partial charge in [-0.15, -0.1) is 0 Å². The lowest BCUT2D eigenvalue weighted by Gasteiger charge is -2.24. The van der Waals surface area contributed by atoms with Crippen LogP contribution < -0.4 is 5.32 Å². The quantitative estimate of drug-likeness (QED) is 0.0331. The first kappa shape index (κ1) is 50.8. The minimum Gasteiger partial charge on any atom is -0.462 e. The molecule has 0 aliphatic rings. The number of carbonyl (C=O) groups excluding carboxylic acids is 2.